The van der Waals surface area contributed by atoms with Crippen molar-refractivity contribution in [3.05, 3.63) is 29.3 Å². The summed E-state index contributed by atoms with van der Waals surface area (Å²) in [5.41, 5.74) is 1.53. The van der Waals surface area contributed by atoms with Crippen LogP contribution < -0.4 is 10.0 Å². The normalized spacial score (nSPS) is 26.4. The van der Waals surface area contributed by atoms with Crippen LogP contribution in [0.15, 0.2) is 23.1 Å². The fourth-order valence-corrected chi connectivity index (χ4v) is 4.61. The zero-order valence-electron chi connectivity index (χ0n) is 11.6. The Labute approximate surface area is 119 Å². The third-order valence-corrected chi connectivity index (χ3v) is 5.71. The van der Waals surface area contributed by atoms with Crippen LogP contribution in [-0.2, 0) is 27.7 Å². The molecule has 1 aromatic carbocycles. The minimum atomic E-state index is -3.50. The summed E-state index contributed by atoms with van der Waals surface area (Å²) in [6.45, 7) is 4.49. The highest BCUT2D eigenvalue weighted by molar-refractivity contribution is 7.89. The van der Waals surface area contributed by atoms with Crippen molar-refractivity contribution >= 4 is 10.0 Å². The van der Waals surface area contributed by atoms with Crippen LogP contribution in [0.3, 0.4) is 0 Å². The van der Waals surface area contributed by atoms with Crippen molar-refractivity contribution in [1.29, 1.82) is 0 Å². The monoisotopic (exact) mass is 296 g/mol. The van der Waals surface area contributed by atoms with E-state index in [1.165, 1.54) is 0 Å². The molecule has 3 rings (SSSR count). The highest BCUT2D eigenvalue weighted by atomic mass is 32.2. The van der Waals surface area contributed by atoms with Crippen molar-refractivity contribution < 1.29 is 13.2 Å². The van der Waals surface area contributed by atoms with Crippen molar-refractivity contribution in [2.24, 2.45) is 0 Å². The molecule has 0 saturated carbocycles. The Bertz CT molecular complexity index is 607. The number of sulfonamides is 1. The topological polar surface area (TPSA) is 67.4 Å². The van der Waals surface area contributed by atoms with Gasteiger partial charge in [-0.2, -0.15) is 0 Å². The molecule has 1 unspecified atom stereocenters. The van der Waals surface area contributed by atoms with Gasteiger partial charge in [-0.1, -0.05) is 12.1 Å². The van der Waals surface area contributed by atoms with E-state index in [1.807, 2.05) is 19.1 Å². The Hall–Kier alpha value is -0.950. The van der Waals surface area contributed by atoms with Gasteiger partial charge in [-0.3, -0.25) is 0 Å². The molecule has 20 heavy (non-hydrogen) atoms. The quantitative estimate of drug-likeness (QED) is 0.865. The van der Waals surface area contributed by atoms with Gasteiger partial charge in [0.2, 0.25) is 10.0 Å². The summed E-state index contributed by atoms with van der Waals surface area (Å²) in [6.07, 6.45) is 1.46. The predicted molar refractivity (Wildman–Crippen MR) is 76.0 cm³/mol. The second-order valence-electron chi connectivity index (χ2n) is 5.79. The Morgan fingerprint density at radius 1 is 1.40 bits per heavy atom. The van der Waals surface area contributed by atoms with Crippen molar-refractivity contribution in [1.82, 2.24) is 10.0 Å². The maximum absolute atomic E-state index is 12.7. The van der Waals surface area contributed by atoms with E-state index in [0.717, 1.165) is 30.6 Å². The number of hydrogen-bond donors (Lipinski definition) is 2. The van der Waals surface area contributed by atoms with Gasteiger partial charge < -0.3 is 10.1 Å². The molecule has 0 amide bonds. The number of rotatable bonds is 3. The second kappa shape index (κ2) is 5.11. The molecule has 1 atom stereocenters. The minimum Gasteiger partial charge on any atom is -0.379 e. The van der Waals surface area contributed by atoms with E-state index in [-0.39, 0.29) is 0 Å². The van der Waals surface area contributed by atoms with Crippen molar-refractivity contribution in [2.45, 2.75) is 36.7 Å². The molecular weight excluding hydrogens is 276 g/mol. The Kier molecular flexibility index (Phi) is 3.58. The molecule has 1 saturated heterocycles. The summed E-state index contributed by atoms with van der Waals surface area (Å²) in [6, 6.07) is 5.50. The number of ether oxygens (including phenoxy) is 1. The number of fused-ring (bicyclic) bond motifs is 1. The molecule has 2 aliphatic heterocycles. The zero-order valence-corrected chi connectivity index (χ0v) is 12.4. The van der Waals surface area contributed by atoms with Crippen LogP contribution in [0.2, 0.25) is 0 Å². The van der Waals surface area contributed by atoms with Gasteiger partial charge in [-0.25, -0.2) is 13.1 Å². The van der Waals surface area contributed by atoms with Crippen LogP contribution in [0.4, 0.5) is 0 Å². The summed E-state index contributed by atoms with van der Waals surface area (Å²) in [7, 11) is -3.50. The molecule has 0 aromatic heterocycles. The van der Waals surface area contributed by atoms with Gasteiger partial charge in [0.15, 0.2) is 0 Å². The summed E-state index contributed by atoms with van der Waals surface area (Å²) >= 11 is 0. The lowest BCUT2D eigenvalue weighted by Crippen LogP contribution is -2.46. The Balaban J connectivity index is 1.95. The van der Waals surface area contributed by atoms with Crippen LogP contribution in [-0.4, -0.2) is 33.7 Å². The molecule has 2 heterocycles. The molecule has 110 valence electrons. The lowest BCUT2D eigenvalue weighted by molar-refractivity contribution is 0.178. The van der Waals surface area contributed by atoms with Crippen molar-refractivity contribution in [3.8, 4) is 0 Å². The summed E-state index contributed by atoms with van der Waals surface area (Å²) in [5.74, 6) is 0. The first-order valence-corrected chi connectivity index (χ1v) is 8.42. The maximum Gasteiger partial charge on any atom is 0.241 e. The fraction of sp³-hybridized carbons (Fsp3) is 0.571. The molecule has 1 aromatic rings. The van der Waals surface area contributed by atoms with E-state index in [4.69, 9.17) is 4.74 Å². The molecule has 0 bridgehead atoms. The van der Waals surface area contributed by atoms with Crippen LogP contribution in [0.1, 0.15) is 24.5 Å². The molecule has 6 heteroatoms. The smallest absolute Gasteiger partial charge is 0.241 e. The summed E-state index contributed by atoms with van der Waals surface area (Å²) in [4.78, 5) is 0.421. The summed E-state index contributed by atoms with van der Waals surface area (Å²) in [5, 5.41) is 3.26. The van der Waals surface area contributed by atoms with Gasteiger partial charge in [0.25, 0.3) is 0 Å². The minimum absolute atomic E-state index is 0.421. The SMILES string of the molecule is CC1(NS(=O)(=O)c2cccc3c2CCNC3)CCOC1. The molecule has 0 spiro atoms. The molecule has 2 aliphatic rings. The van der Waals surface area contributed by atoms with Crippen LogP contribution in [0.5, 0.6) is 0 Å². The first-order chi connectivity index (χ1) is 9.50. The molecule has 0 radical (unpaired) electrons. The lowest BCUT2D eigenvalue weighted by Gasteiger charge is -2.26. The predicted octanol–water partition coefficient (Wildman–Crippen LogP) is 0.790. The molecular formula is C14H20N2O3S. The van der Waals surface area contributed by atoms with E-state index < -0.39 is 15.6 Å². The highest BCUT2D eigenvalue weighted by Crippen LogP contribution is 2.26. The number of benzene rings is 1. The third kappa shape index (κ3) is 2.61. The van der Waals surface area contributed by atoms with Crippen LogP contribution >= 0.6 is 0 Å². The molecule has 2 N–H and O–H groups in total. The van der Waals surface area contributed by atoms with E-state index in [2.05, 4.69) is 10.0 Å². The lowest BCUT2D eigenvalue weighted by atomic mass is 10.0. The second-order valence-corrected chi connectivity index (χ2v) is 7.44. The zero-order chi connectivity index (χ0) is 14.2. The average molecular weight is 296 g/mol. The van der Waals surface area contributed by atoms with Crippen molar-refractivity contribution in [2.75, 3.05) is 19.8 Å². The van der Waals surface area contributed by atoms with E-state index in [1.54, 1.807) is 6.07 Å². The van der Waals surface area contributed by atoms with Gasteiger partial charge in [0.1, 0.15) is 0 Å². The third-order valence-electron chi connectivity index (χ3n) is 3.99. The summed E-state index contributed by atoms with van der Waals surface area (Å²) < 4.78 is 33.5. The maximum atomic E-state index is 12.7. The van der Waals surface area contributed by atoms with Crippen molar-refractivity contribution in [3.63, 3.8) is 0 Å². The molecule has 1 fully saturated rings. The standard InChI is InChI=1S/C14H20N2O3S/c1-14(6-8-19-10-14)16-20(17,18)13-4-2-3-11-9-15-7-5-12(11)13/h2-4,15-16H,5-10H2,1H3. The number of nitrogens with one attached hydrogen (secondary N) is 2. The van der Waals surface area contributed by atoms with E-state index >= 15 is 0 Å². The highest BCUT2D eigenvalue weighted by Gasteiger charge is 2.35. The fourth-order valence-electron chi connectivity index (χ4n) is 2.88. The molecule has 0 aliphatic carbocycles. The van der Waals surface area contributed by atoms with Gasteiger partial charge in [-0.15, -0.1) is 0 Å². The van der Waals surface area contributed by atoms with Crippen LogP contribution in [0, 0.1) is 0 Å². The molecule has 5 nitrogen and oxygen atoms in total. The first kappa shape index (κ1) is 14.0. The average Bonchev–Trinajstić information content (AvgIpc) is 2.83. The van der Waals surface area contributed by atoms with Gasteiger partial charge in [-0.05, 0) is 43.5 Å². The van der Waals surface area contributed by atoms with Gasteiger partial charge >= 0.3 is 0 Å². The van der Waals surface area contributed by atoms with E-state index in [9.17, 15) is 8.42 Å². The Morgan fingerprint density at radius 3 is 3.00 bits per heavy atom. The number of hydrogen-bond acceptors (Lipinski definition) is 4. The first-order valence-electron chi connectivity index (χ1n) is 6.93. The van der Waals surface area contributed by atoms with Gasteiger partial charge in [0.05, 0.1) is 17.0 Å². The van der Waals surface area contributed by atoms with E-state index in [0.29, 0.717) is 24.5 Å². The largest absolute Gasteiger partial charge is 0.379 e. The van der Waals surface area contributed by atoms with Crippen LogP contribution in [0.25, 0.3) is 0 Å². The Morgan fingerprint density at radius 2 is 2.25 bits per heavy atom. The van der Waals surface area contributed by atoms with Gasteiger partial charge in [0, 0.05) is 13.2 Å².